The Morgan fingerprint density at radius 2 is 1.89 bits per heavy atom. The summed E-state index contributed by atoms with van der Waals surface area (Å²) >= 11 is 0. The molecule has 0 fully saturated rings. The van der Waals surface area contributed by atoms with Crippen LogP contribution in [0.5, 0.6) is 0 Å². The number of fused-ring (bicyclic) bond motifs is 1. The smallest absolute Gasteiger partial charge is 0.112 e. The molecule has 3 nitrogen and oxygen atoms in total. The molecular weight excluding hydrogens is 236 g/mol. The fourth-order valence-corrected chi connectivity index (χ4v) is 2.49. The fourth-order valence-electron chi connectivity index (χ4n) is 2.49. The van der Waals surface area contributed by atoms with Crippen LogP contribution in [0, 0.1) is 13.8 Å². The fraction of sp³-hybridized carbons (Fsp3) is 0.562. The van der Waals surface area contributed by atoms with E-state index in [2.05, 4.69) is 42.5 Å². The Kier molecular flexibility index (Phi) is 4.59. The van der Waals surface area contributed by atoms with Gasteiger partial charge in [-0.1, -0.05) is 19.8 Å². The summed E-state index contributed by atoms with van der Waals surface area (Å²) in [7, 11) is 0. The zero-order chi connectivity index (χ0) is 13.8. The number of imidazole rings is 1. The molecule has 0 bridgehead atoms. The molecule has 0 unspecified atom stereocenters. The molecule has 1 N–H and O–H groups in total. The topological polar surface area (TPSA) is 38.0 Å². The second-order valence-electron chi connectivity index (χ2n) is 5.29. The van der Waals surface area contributed by atoms with E-state index >= 15 is 0 Å². The van der Waals surface area contributed by atoms with Crippen molar-refractivity contribution in [2.75, 3.05) is 6.61 Å². The van der Waals surface area contributed by atoms with Gasteiger partial charge < -0.3 is 9.67 Å². The van der Waals surface area contributed by atoms with E-state index in [0.717, 1.165) is 17.9 Å². The van der Waals surface area contributed by atoms with E-state index < -0.39 is 0 Å². The van der Waals surface area contributed by atoms with E-state index in [1.807, 2.05) is 0 Å². The predicted molar refractivity (Wildman–Crippen MR) is 79.5 cm³/mol. The zero-order valence-electron chi connectivity index (χ0n) is 12.2. The SMILES string of the molecule is CCCCCn1c(CCO)nc2cc(C)c(C)cc21. The minimum absolute atomic E-state index is 0.162. The summed E-state index contributed by atoms with van der Waals surface area (Å²) in [5.41, 5.74) is 4.85. The Bertz CT molecular complexity index is 557. The number of benzene rings is 1. The second kappa shape index (κ2) is 6.20. The number of aliphatic hydroxyl groups excluding tert-OH is 1. The van der Waals surface area contributed by atoms with Crippen LogP contribution in [0.3, 0.4) is 0 Å². The highest BCUT2D eigenvalue weighted by Crippen LogP contribution is 2.22. The Morgan fingerprint density at radius 1 is 1.16 bits per heavy atom. The van der Waals surface area contributed by atoms with E-state index in [9.17, 15) is 5.11 Å². The Balaban J connectivity index is 2.43. The third-order valence-corrected chi connectivity index (χ3v) is 3.76. The van der Waals surface area contributed by atoms with E-state index in [4.69, 9.17) is 0 Å². The molecule has 0 saturated heterocycles. The molecule has 0 spiro atoms. The molecule has 0 radical (unpaired) electrons. The summed E-state index contributed by atoms with van der Waals surface area (Å²) in [5.74, 6) is 1.01. The lowest BCUT2D eigenvalue weighted by molar-refractivity contribution is 0.294. The first kappa shape index (κ1) is 14.1. The highest BCUT2D eigenvalue weighted by molar-refractivity contribution is 5.78. The molecule has 0 aliphatic rings. The third-order valence-electron chi connectivity index (χ3n) is 3.76. The standard InChI is InChI=1S/C16H24N2O/c1-4-5-6-8-18-15-11-13(3)12(2)10-14(15)17-16(18)7-9-19/h10-11,19H,4-9H2,1-3H3. The van der Waals surface area contributed by atoms with Gasteiger partial charge in [0.25, 0.3) is 0 Å². The van der Waals surface area contributed by atoms with Gasteiger partial charge in [-0.05, 0) is 43.5 Å². The molecule has 104 valence electrons. The summed E-state index contributed by atoms with van der Waals surface area (Å²) in [6.07, 6.45) is 4.27. The quantitative estimate of drug-likeness (QED) is 0.809. The first-order valence-corrected chi connectivity index (χ1v) is 7.24. The van der Waals surface area contributed by atoms with Gasteiger partial charge in [-0.3, -0.25) is 0 Å². The summed E-state index contributed by atoms with van der Waals surface area (Å²) in [6, 6.07) is 4.38. The summed E-state index contributed by atoms with van der Waals surface area (Å²) < 4.78 is 2.29. The van der Waals surface area contributed by atoms with Gasteiger partial charge in [0.1, 0.15) is 5.82 Å². The van der Waals surface area contributed by atoms with Crippen molar-refractivity contribution >= 4 is 11.0 Å². The van der Waals surface area contributed by atoms with E-state index in [1.54, 1.807) is 0 Å². The Labute approximate surface area is 115 Å². The monoisotopic (exact) mass is 260 g/mol. The number of aryl methyl sites for hydroxylation is 3. The normalized spacial score (nSPS) is 11.4. The van der Waals surface area contributed by atoms with Crippen molar-refractivity contribution in [3.63, 3.8) is 0 Å². The molecule has 3 heteroatoms. The lowest BCUT2D eigenvalue weighted by Crippen LogP contribution is -2.06. The van der Waals surface area contributed by atoms with Gasteiger partial charge in [0.05, 0.1) is 17.6 Å². The largest absolute Gasteiger partial charge is 0.396 e. The van der Waals surface area contributed by atoms with Crippen LogP contribution in [0.4, 0.5) is 0 Å². The van der Waals surface area contributed by atoms with Gasteiger partial charge in [0.15, 0.2) is 0 Å². The number of hydrogen-bond acceptors (Lipinski definition) is 2. The molecule has 1 aromatic heterocycles. The summed E-state index contributed by atoms with van der Waals surface area (Å²) in [5, 5.41) is 9.20. The minimum Gasteiger partial charge on any atom is -0.396 e. The van der Waals surface area contributed by atoms with Crippen molar-refractivity contribution in [2.24, 2.45) is 0 Å². The van der Waals surface area contributed by atoms with Crippen molar-refractivity contribution in [3.8, 4) is 0 Å². The Morgan fingerprint density at radius 3 is 2.58 bits per heavy atom. The average molecular weight is 260 g/mol. The summed E-state index contributed by atoms with van der Waals surface area (Å²) in [4.78, 5) is 4.69. The number of nitrogens with zero attached hydrogens (tertiary/aromatic N) is 2. The number of rotatable bonds is 6. The van der Waals surface area contributed by atoms with Crippen LogP contribution in [0.15, 0.2) is 12.1 Å². The van der Waals surface area contributed by atoms with E-state index in [-0.39, 0.29) is 6.61 Å². The molecular formula is C16H24N2O. The molecule has 0 amide bonds. The van der Waals surface area contributed by atoms with Crippen molar-refractivity contribution in [1.29, 1.82) is 0 Å². The average Bonchev–Trinajstić information content (AvgIpc) is 2.69. The number of aliphatic hydroxyl groups is 1. The molecule has 0 atom stereocenters. The van der Waals surface area contributed by atoms with Crippen LogP contribution in [-0.4, -0.2) is 21.3 Å². The van der Waals surface area contributed by atoms with Crippen molar-refractivity contribution in [1.82, 2.24) is 9.55 Å². The van der Waals surface area contributed by atoms with Gasteiger partial charge in [0.2, 0.25) is 0 Å². The zero-order valence-corrected chi connectivity index (χ0v) is 12.2. The molecule has 1 aromatic carbocycles. The predicted octanol–water partition coefficient (Wildman–Crippen LogP) is 3.38. The van der Waals surface area contributed by atoms with Gasteiger partial charge in [-0.2, -0.15) is 0 Å². The van der Waals surface area contributed by atoms with Gasteiger partial charge >= 0.3 is 0 Å². The van der Waals surface area contributed by atoms with Crippen LogP contribution in [-0.2, 0) is 13.0 Å². The summed E-state index contributed by atoms with van der Waals surface area (Å²) in [6.45, 7) is 7.64. The Hall–Kier alpha value is -1.35. The number of unbranched alkanes of at least 4 members (excludes halogenated alkanes) is 2. The van der Waals surface area contributed by atoms with Crippen LogP contribution in [0.2, 0.25) is 0 Å². The molecule has 1 heterocycles. The van der Waals surface area contributed by atoms with Crippen LogP contribution >= 0.6 is 0 Å². The molecule has 0 saturated carbocycles. The lowest BCUT2D eigenvalue weighted by atomic mass is 10.1. The van der Waals surface area contributed by atoms with Gasteiger partial charge in [-0.25, -0.2) is 4.98 Å². The lowest BCUT2D eigenvalue weighted by Gasteiger charge is -2.09. The molecule has 0 aliphatic heterocycles. The number of hydrogen-bond donors (Lipinski definition) is 1. The molecule has 19 heavy (non-hydrogen) atoms. The van der Waals surface area contributed by atoms with Crippen LogP contribution in [0.25, 0.3) is 11.0 Å². The maximum atomic E-state index is 9.20. The second-order valence-corrected chi connectivity index (χ2v) is 5.29. The molecule has 2 rings (SSSR count). The van der Waals surface area contributed by atoms with Gasteiger partial charge in [0, 0.05) is 13.0 Å². The first-order valence-electron chi connectivity index (χ1n) is 7.24. The number of aromatic nitrogens is 2. The highest BCUT2D eigenvalue weighted by atomic mass is 16.3. The maximum absolute atomic E-state index is 9.20. The maximum Gasteiger partial charge on any atom is 0.112 e. The van der Waals surface area contributed by atoms with Crippen molar-refractivity contribution < 1.29 is 5.11 Å². The third kappa shape index (κ3) is 2.98. The van der Waals surface area contributed by atoms with Gasteiger partial charge in [-0.15, -0.1) is 0 Å². The first-order chi connectivity index (χ1) is 9.17. The van der Waals surface area contributed by atoms with E-state index in [1.165, 1.54) is 35.9 Å². The van der Waals surface area contributed by atoms with E-state index in [0.29, 0.717) is 6.42 Å². The van der Waals surface area contributed by atoms with Crippen molar-refractivity contribution in [2.45, 2.75) is 53.0 Å². The van der Waals surface area contributed by atoms with Crippen molar-refractivity contribution in [3.05, 3.63) is 29.1 Å². The minimum atomic E-state index is 0.162. The molecule has 0 aliphatic carbocycles. The molecule has 2 aromatic rings. The van der Waals surface area contributed by atoms with Crippen LogP contribution in [0.1, 0.15) is 43.1 Å². The highest BCUT2D eigenvalue weighted by Gasteiger charge is 2.11. The van der Waals surface area contributed by atoms with Crippen LogP contribution < -0.4 is 0 Å².